The van der Waals surface area contributed by atoms with E-state index in [2.05, 4.69) is 34.5 Å². The van der Waals surface area contributed by atoms with E-state index in [1.54, 1.807) is 0 Å². The SMILES string of the molecule is CN1CCNC1SSC1NCCN1C. The number of hydrogen-bond donors (Lipinski definition) is 2. The zero-order valence-electron chi connectivity index (χ0n) is 8.69. The summed E-state index contributed by atoms with van der Waals surface area (Å²) in [6.07, 6.45) is 0. The van der Waals surface area contributed by atoms with Gasteiger partial charge in [-0.25, -0.2) is 0 Å². The van der Waals surface area contributed by atoms with Crippen molar-refractivity contribution >= 4 is 21.6 Å². The van der Waals surface area contributed by atoms with E-state index in [0.29, 0.717) is 11.0 Å². The van der Waals surface area contributed by atoms with Gasteiger partial charge in [0.05, 0.1) is 0 Å². The van der Waals surface area contributed by atoms with Crippen LogP contribution in [0.1, 0.15) is 0 Å². The Morgan fingerprint density at radius 2 is 1.36 bits per heavy atom. The van der Waals surface area contributed by atoms with Gasteiger partial charge in [0.1, 0.15) is 11.0 Å². The van der Waals surface area contributed by atoms with Crippen LogP contribution >= 0.6 is 21.6 Å². The van der Waals surface area contributed by atoms with E-state index >= 15 is 0 Å². The van der Waals surface area contributed by atoms with Crippen molar-refractivity contribution in [1.82, 2.24) is 20.4 Å². The Hall–Kier alpha value is 0.540. The summed E-state index contributed by atoms with van der Waals surface area (Å²) in [5, 5.41) is 6.93. The highest BCUT2D eigenvalue weighted by Crippen LogP contribution is 2.33. The van der Waals surface area contributed by atoms with Crippen LogP contribution in [-0.2, 0) is 0 Å². The van der Waals surface area contributed by atoms with Crippen molar-refractivity contribution in [1.29, 1.82) is 0 Å². The Bertz CT molecular complexity index is 172. The second-order valence-corrected chi connectivity index (χ2v) is 6.20. The molecule has 2 heterocycles. The van der Waals surface area contributed by atoms with Crippen LogP contribution in [0.2, 0.25) is 0 Å². The Morgan fingerprint density at radius 1 is 0.929 bits per heavy atom. The maximum atomic E-state index is 3.47. The van der Waals surface area contributed by atoms with Gasteiger partial charge in [0, 0.05) is 26.2 Å². The number of hydrogen-bond acceptors (Lipinski definition) is 6. The molecule has 2 saturated heterocycles. The second-order valence-electron chi connectivity index (χ2n) is 3.77. The summed E-state index contributed by atoms with van der Waals surface area (Å²) in [4.78, 5) is 4.71. The average Bonchev–Trinajstić information content (AvgIpc) is 2.72. The molecule has 2 N–H and O–H groups in total. The van der Waals surface area contributed by atoms with Crippen molar-refractivity contribution in [2.24, 2.45) is 0 Å². The van der Waals surface area contributed by atoms with Gasteiger partial charge >= 0.3 is 0 Å². The van der Waals surface area contributed by atoms with Crippen LogP contribution in [0, 0.1) is 0 Å². The van der Waals surface area contributed by atoms with Crippen LogP contribution in [0.3, 0.4) is 0 Å². The van der Waals surface area contributed by atoms with Crippen molar-refractivity contribution in [3.8, 4) is 0 Å². The van der Waals surface area contributed by atoms with E-state index in [9.17, 15) is 0 Å². The van der Waals surface area contributed by atoms with Gasteiger partial charge in [-0.15, -0.1) is 0 Å². The molecular formula is C8H18N4S2. The Balaban J connectivity index is 1.71. The quantitative estimate of drug-likeness (QED) is 0.669. The maximum Gasteiger partial charge on any atom is 0.118 e. The van der Waals surface area contributed by atoms with E-state index in [-0.39, 0.29) is 0 Å². The van der Waals surface area contributed by atoms with Crippen LogP contribution < -0.4 is 10.6 Å². The van der Waals surface area contributed by atoms with E-state index in [4.69, 9.17) is 0 Å². The smallest absolute Gasteiger partial charge is 0.118 e. The molecule has 2 aliphatic heterocycles. The van der Waals surface area contributed by atoms with Crippen LogP contribution in [0.5, 0.6) is 0 Å². The molecule has 2 unspecified atom stereocenters. The molecule has 2 aliphatic rings. The first-order valence-corrected chi connectivity index (χ1v) is 7.24. The largest absolute Gasteiger partial charge is 0.291 e. The normalized spacial score (nSPS) is 35.6. The molecule has 0 saturated carbocycles. The zero-order chi connectivity index (χ0) is 9.97. The fourth-order valence-electron chi connectivity index (χ4n) is 1.60. The summed E-state index contributed by atoms with van der Waals surface area (Å²) in [5.74, 6) is 0. The van der Waals surface area contributed by atoms with Crippen molar-refractivity contribution < 1.29 is 0 Å². The van der Waals surface area contributed by atoms with Crippen molar-refractivity contribution in [2.75, 3.05) is 40.3 Å². The molecule has 0 amide bonds. The summed E-state index contributed by atoms with van der Waals surface area (Å²) in [5.41, 5.74) is 0.964. The monoisotopic (exact) mass is 234 g/mol. The summed E-state index contributed by atoms with van der Waals surface area (Å²) in [6, 6.07) is 0. The lowest BCUT2D eigenvalue weighted by molar-refractivity contribution is 0.380. The molecule has 4 nitrogen and oxygen atoms in total. The lowest BCUT2D eigenvalue weighted by atomic mass is 10.7. The van der Waals surface area contributed by atoms with Crippen molar-refractivity contribution in [3.05, 3.63) is 0 Å². The third-order valence-corrected chi connectivity index (χ3v) is 5.56. The average molecular weight is 234 g/mol. The molecule has 0 spiro atoms. The molecule has 2 rings (SSSR count). The minimum Gasteiger partial charge on any atom is -0.291 e. The fraction of sp³-hybridized carbons (Fsp3) is 1.00. The molecule has 6 heteroatoms. The molecule has 14 heavy (non-hydrogen) atoms. The first-order chi connectivity index (χ1) is 6.77. The third-order valence-electron chi connectivity index (χ3n) is 2.61. The summed E-state index contributed by atoms with van der Waals surface area (Å²) in [7, 11) is 8.18. The highest BCUT2D eigenvalue weighted by molar-refractivity contribution is 8.77. The molecule has 0 radical (unpaired) electrons. The third kappa shape index (κ3) is 2.56. The number of nitrogens with one attached hydrogen (secondary N) is 2. The number of nitrogens with zero attached hydrogens (tertiary/aromatic N) is 2. The van der Waals surface area contributed by atoms with Gasteiger partial charge in [0.15, 0.2) is 0 Å². The minimum absolute atomic E-state index is 0.482. The van der Waals surface area contributed by atoms with Gasteiger partial charge in [-0.3, -0.25) is 20.4 Å². The molecule has 0 aromatic rings. The van der Waals surface area contributed by atoms with E-state index in [1.165, 1.54) is 0 Å². The highest BCUT2D eigenvalue weighted by atomic mass is 33.1. The predicted molar refractivity (Wildman–Crippen MR) is 64.0 cm³/mol. The van der Waals surface area contributed by atoms with Crippen LogP contribution in [0.4, 0.5) is 0 Å². The summed E-state index contributed by atoms with van der Waals surface area (Å²) in [6.45, 7) is 4.55. The Kier molecular flexibility index (Phi) is 3.98. The summed E-state index contributed by atoms with van der Waals surface area (Å²) >= 11 is 0. The molecular weight excluding hydrogens is 216 g/mol. The zero-order valence-corrected chi connectivity index (χ0v) is 10.3. The molecule has 2 fully saturated rings. The molecule has 0 aromatic carbocycles. The van der Waals surface area contributed by atoms with E-state index in [1.807, 2.05) is 21.6 Å². The fourth-order valence-corrected chi connectivity index (χ4v) is 4.60. The van der Waals surface area contributed by atoms with Gasteiger partial charge in [0.2, 0.25) is 0 Å². The molecule has 2 atom stereocenters. The lowest BCUT2D eigenvalue weighted by Gasteiger charge is -2.22. The maximum absolute atomic E-state index is 3.47. The Labute approximate surface area is 93.5 Å². The van der Waals surface area contributed by atoms with Crippen molar-refractivity contribution in [2.45, 2.75) is 11.0 Å². The molecule has 0 aliphatic carbocycles. The van der Waals surface area contributed by atoms with Gasteiger partial charge < -0.3 is 0 Å². The topological polar surface area (TPSA) is 30.5 Å². The highest BCUT2D eigenvalue weighted by Gasteiger charge is 2.25. The van der Waals surface area contributed by atoms with Crippen molar-refractivity contribution in [3.63, 3.8) is 0 Å². The van der Waals surface area contributed by atoms with Gasteiger partial charge in [-0.05, 0) is 14.1 Å². The standard InChI is InChI=1S/C8H18N4S2/c1-11-5-3-9-7(11)13-14-8-10-4-6-12(8)2/h7-10H,3-6H2,1-2H3. The molecule has 82 valence electrons. The van der Waals surface area contributed by atoms with Crippen LogP contribution in [0.25, 0.3) is 0 Å². The molecule has 0 aromatic heterocycles. The van der Waals surface area contributed by atoms with Gasteiger partial charge in [-0.1, -0.05) is 21.6 Å². The lowest BCUT2D eigenvalue weighted by Crippen LogP contribution is -2.32. The first-order valence-electron chi connectivity index (χ1n) is 4.97. The predicted octanol–water partition coefficient (Wildman–Crippen LogP) is 0.00500. The van der Waals surface area contributed by atoms with Gasteiger partial charge in [-0.2, -0.15) is 0 Å². The van der Waals surface area contributed by atoms with Gasteiger partial charge in [0.25, 0.3) is 0 Å². The Morgan fingerprint density at radius 3 is 1.64 bits per heavy atom. The number of rotatable bonds is 3. The second kappa shape index (κ2) is 5.05. The van der Waals surface area contributed by atoms with Crippen LogP contribution in [-0.4, -0.2) is 61.1 Å². The first kappa shape index (κ1) is 11.0. The molecule has 0 bridgehead atoms. The minimum atomic E-state index is 0.482. The van der Waals surface area contributed by atoms with E-state index in [0.717, 1.165) is 26.2 Å². The van der Waals surface area contributed by atoms with E-state index < -0.39 is 0 Å². The summed E-state index contributed by atoms with van der Waals surface area (Å²) < 4.78 is 0. The van der Waals surface area contributed by atoms with Crippen LogP contribution in [0.15, 0.2) is 0 Å². The number of likely N-dealkylation sites (N-methyl/N-ethyl adjacent to an activating group) is 2.